The predicted octanol–water partition coefficient (Wildman–Crippen LogP) is 5.41. The molecule has 170 valence electrons. The second kappa shape index (κ2) is 9.15. The van der Waals surface area contributed by atoms with E-state index in [1.54, 1.807) is 36.8 Å². The van der Waals surface area contributed by atoms with Gasteiger partial charge in [-0.3, -0.25) is 9.59 Å². The van der Waals surface area contributed by atoms with Crippen LogP contribution in [0.5, 0.6) is 0 Å². The quantitative estimate of drug-likeness (QED) is 0.396. The molecule has 1 aliphatic heterocycles. The molecule has 4 aromatic rings. The molecule has 2 aromatic heterocycles. The molecule has 1 saturated heterocycles. The molecular weight excluding hydrogens is 448 g/mol. The first kappa shape index (κ1) is 21.9. The van der Waals surface area contributed by atoms with Crippen molar-refractivity contribution in [2.24, 2.45) is 0 Å². The van der Waals surface area contributed by atoms with Crippen LogP contribution in [0.3, 0.4) is 0 Å². The van der Waals surface area contributed by atoms with E-state index in [2.05, 4.69) is 27.3 Å². The van der Waals surface area contributed by atoms with Crippen LogP contribution in [-0.4, -0.2) is 39.2 Å². The minimum absolute atomic E-state index is 0.0291. The number of nitrogens with one attached hydrogen (secondary N) is 1. The number of halogens is 1. The Balaban J connectivity index is 1.42. The first-order valence-electron chi connectivity index (χ1n) is 11.1. The van der Waals surface area contributed by atoms with Gasteiger partial charge in [0, 0.05) is 30.8 Å². The number of benzene rings is 2. The van der Waals surface area contributed by atoms with Crippen molar-refractivity contribution in [1.82, 2.24) is 14.3 Å². The van der Waals surface area contributed by atoms with Crippen LogP contribution < -0.4 is 5.32 Å². The number of aromatic nitrogens is 2. The summed E-state index contributed by atoms with van der Waals surface area (Å²) in [6, 6.07) is 18.8. The summed E-state index contributed by atoms with van der Waals surface area (Å²) < 4.78 is 2.06. The molecule has 0 radical (unpaired) electrons. The molecule has 0 spiro atoms. The Kier molecular flexibility index (Phi) is 5.90. The number of likely N-dealkylation sites (tertiary alicyclic amines) is 1. The van der Waals surface area contributed by atoms with Crippen LogP contribution >= 0.6 is 11.6 Å². The number of para-hydroxylation sites is 1. The Morgan fingerprint density at radius 2 is 1.91 bits per heavy atom. The number of carbonyl (C=O) groups is 2. The SMILES string of the molecule is C=CC(=O)N1CCC(c2cc(-c3ccc(C(=O)Nc4ccccc4Cl)cc3)n3cnccc23)C1. The number of carbonyl (C=O) groups excluding carboxylic acids is 2. The topological polar surface area (TPSA) is 66.7 Å². The summed E-state index contributed by atoms with van der Waals surface area (Å²) in [7, 11) is 0. The molecule has 34 heavy (non-hydrogen) atoms. The van der Waals surface area contributed by atoms with Crippen LogP contribution in [0, 0.1) is 0 Å². The van der Waals surface area contributed by atoms with Gasteiger partial charge in [-0.05, 0) is 60.0 Å². The van der Waals surface area contributed by atoms with Crippen molar-refractivity contribution in [3.63, 3.8) is 0 Å². The van der Waals surface area contributed by atoms with Crippen molar-refractivity contribution in [3.05, 3.63) is 102 Å². The lowest BCUT2D eigenvalue weighted by Gasteiger charge is -2.13. The van der Waals surface area contributed by atoms with Crippen LogP contribution in [0.25, 0.3) is 16.8 Å². The summed E-state index contributed by atoms with van der Waals surface area (Å²) in [6.07, 6.45) is 5.86. The van der Waals surface area contributed by atoms with Gasteiger partial charge >= 0.3 is 0 Å². The van der Waals surface area contributed by atoms with Crippen LogP contribution in [0.2, 0.25) is 5.02 Å². The molecule has 6 nitrogen and oxygen atoms in total. The maximum absolute atomic E-state index is 12.7. The van der Waals surface area contributed by atoms with E-state index < -0.39 is 0 Å². The van der Waals surface area contributed by atoms with Crippen molar-refractivity contribution in [2.75, 3.05) is 18.4 Å². The molecule has 1 fully saturated rings. The zero-order chi connectivity index (χ0) is 23.7. The Morgan fingerprint density at radius 1 is 1.12 bits per heavy atom. The Bertz CT molecular complexity index is 1390. The highest BCUT2D eigenvalue weighted by atomic mass is 35.5. The lowest BCUT2D eigenvalue weighted by Crippen LogP contribution is -2.26. The number of hydrogen-bond donors (Lipinski definition) is 1. The minimum atomic E-state index is -0.222. The minimum Gasteiger partial charge on any atom is -0.339 e. The van der Waals surface area contributed by atoms with E-state index in [-0.39, 0.29) is 17.7 Å². The van der Waals surface area contributed by atoms with Crippen molar-refractivity contribution in [1.29, 1.82) is 0 Å². The fourth-order valence-corrected chi connectivity index (χ4v) is 4.70. The molecule has 1 aliphatic rings. The van der Waals surface area contributed by atoms with E-state index in [1.807, 2.05) is 35.2 Å². The highest BCUT2D eigenvalue weighted by Crippen LogP contribution is 2.35. The Morgan fingerprint density at radius 3 is 2.68 bits per heavy atom. The number of nitrogens with zero attached hydrogens (tertiary/aromatic N) is 3. The van der Waals surface area contributed by atoms with Gasteiger partial charge in [-0.2, -0.15) is 0 Å². The third-order valence-electron chi connectivity index (χ3n) is 6.29. The summed E-state index contributed by atoms with van der Waals surface area (Å²) in [4.78, 5) is 30.9. The Hall–Kier alpha value is -3.90. The Labute approximate surface area is 202 Å². The highest BCUT2D eigenvalue weighted by Gasteiger charge is 2.28. The van der Waals surface area contributed by atoms with E-state index in [4.69, 9.17) is 11.6 Å². The summed E-state index contributed by atoms with van der Waals surface area (Å²) in [5.74, 6) is -0.00533. The van der Waals surface area contributed by atoms with Crippen LogP contribution in [0.15, 0.2) is 85.8 Å². The van der Waals surface area contributed by atoms with Gasteiger partial charge in [-0.25, -0.2) is 4.98 Å². The smallest absolute Gasteiger partial charge is 0.255 e. The molecule has 7 heteroatoms. The van der Waals surface area contributed by atoms with E-state index in [0.717, 1.165) is 29.7 Å². The largest absolute Gasteiger partial charge is 0.339 e. The molecule has 1 N–H and O–H groups in total. The molecular formula is C27H23ClN4O2. The van der Waals surface area contributed by atoms with Crippen molar-refractivity contribution in [3.8, 4) is 11.3 Å². The van der Waals surface area contributed by atoms with Gasteiger partial charge in [0.15, 0.2) is 0 Å². The van der Waals surface area contributed by atoms with Crippen LogP contribution in [0.4, 0.5) is 5.69 Å². The lowest BCUT2D eigenvalue weighted by molar-refractivity contribution is -0.125. The number of hydrogen-bond acceptors (Lipinski definition) is 3. The van der Waals surface area contributed by atoms with Crippen molar-refractivity contribution >= 4 is 34.6 Å². The van der Waals surface area contributed by atoms with E-state index in [0.29, 0.717) is 22.8 Å². The van der Waals surface area contributed by atoms with Crippen LogP contribution in [-0.2, 0) is 4.79 Å². The summed E-state index contributed by atoms with van der Waals surface area (Å²) >= 11 is 6.16. The molecule has 5 rings (SSSR count). The van der Waals surface area contributed by atoms with E-state index in [9.17, 15) is 9.59 Å². The predicted molar refractivity (Wildman–Crippen MR) is 134 cm³/mol. The van der Waals surface area contributed by atoms with Gasteiger partial charge in [0.05, 0.1) is 28.2 Å². The summed E-state index contributed by atoms with van der Waals surface area (Å²) in [6.45, 7) is 5.00. The third-order valence-corrected chi connectivity index (χ3v) is 6.62. The first-order valence-corrected chi connectivity index (χ1v) is 11.5. The number of anilines is 1. The van der Waals surface area contributed by atoms with Gasteiger partial charge in [0.2, 0.25) is 5.91 Å². The fraction of sp³-hybridized carbons (Fsp3) is 0.148. The average molecular weight is 471 g/mol. The van der Waals surface area contributed by atoms with Crippen molar-refractivity contribution < 1.29 is 9.59 Å². The molecule has 0 saturated carbocycles. The maximum atomic E-state index is 12.7. The lowest BCUT2D eigenvalue weighted by atomic mass is 9.98. The van der Waals surface area contributed by atoms with Gasteiger partial charge in [-0.15, -0.1) is 0 Å². The van der Waals surface area contributed by atoms with Gasteiger partial charge < -0.3 is 14.6 Å². The zero-order valence-electron chi connectivity index (χ0n) is 18.4. The second-order valence-corrected chi connectivity index (χ2v) is 8.71. The molecule has 0 bridgehead atoms. The van der Waals surface area contributed by atoms with Gasteiger partial charge in [0.25, 0.3) is 5.91 Å². The van der Waals surface area contributed by atoms with E-state index >= 15 is 0 Å². The molecule has 2 aromatic carbocycles. The summed E-state index contributed by atoms with van der Waals surface area (Å²) in [5, 5.41) is 3.34. The van der Waals surface area contributed by atoms with Crippen LogP contribution in [0.1, 0.15) is 28.3 Å². The monoisotopic (exact) mass is 470 g/mol. The van der Waals surface area contributed by atoms with Crippen molar-refractivity contribution in [2.45, 2.75) is 12.3 Å². The van der Waals surface area contributed by atoms with Gasteiger partial charge in [-0.1, -0.05) is 42.4 Å². The zero-order valence-corrected chi connectivity index (χ0v) is 19.2. The standard InChI is InChI=1S/C27H23ClN4O2/c1-2-26(33)31-14-12-20(16-31)21-15-25(32-17-29-13-11-24(21)32)18-7-9-19(10-8-18)27(34)30-23-6-4-3-5-22(23)28/h2-11,13,15,17,20H,1,12,14,16H2,(H,30,34). The highest BCUT2D eigenvalue weighted by molar-refractivity contribution is 6.33. The summed E-state index contributed by atoms with van der Waals surface area (Å²) in [5.41, 5.74) is 5.34. The molecule has 1 unspecified atom stereocenters. The first-order chi connectivity index (χ1) is 16.5. The number of fused-ring (bicyclic) bond motifs is 1. The molecule has 0 aliphatic carbocycles. The average Bonchev–Trinajstić information content (AvgIpc) is 3.50. The third kappa shape index (κ3) is 4.08. The number of amides is 2. The normalized spacial score (nSPS) is 15.4. The molecule has 3 heterocycles. The molecule has 2 amide bonds. The second-order valence-electron chi connectivity index (χ2n) is 8.31. The maximum Gasteiger partial charge on any atom is 0.255 e. The van der Waals surface area contributed by atoms with Gasteiger partial charge in [0.1, 0.15) is 0 Å². The fourth-order valence-electron chi connectivity index (χ4n) is 4.52. The number of rotatable bonds is 5. The van der Waals surface area contributed by atoms with E-state index in [1.165, 1.54) is 11.6 Å². The molecule has 1 atom stereocenters.